The van der Waals surface area contributed by atoms with Gasteiger partial charge in [-0.05, 0) is 17.7 Å². The SMILES string of the molecule is Cl.N[C@@H](c1ccc(Cl)c(C(F)(F)F)c1)C(F)(F)C(F)(F)F. The second-order valence-corrected chi connectivity index (χ2v) is 4.24. The first kappa shape index (κ1) is 20.2. The Morgan fingerprint density at radius 2 is 1.43 bits per heavy atom. The van der Waals surface area contributed by atoms with Gasteiger partial charge >= 0.3 is 18.3 Å². The van der Waals surface area contributed by atoms with Crippen LogP contribution in [0, 0.1) is 0 Å². The van der Waals surface area contributed by atoms with Crippen LogP contribution in [0.1, 0.15) is 17.2 Å². The molecule has 11 heteroatoms. The largest absolute Gasteiger partial charge is 0.455 e. The van der Waals surface area contributed by atoms with Gasteiger partial charge in [-0.2, -0.15) is 35.1 Å². The lowest BCUT2D eigenvalue weighted by molar-refractivity contribution is -0.291. The normalized spacial score (nSPS) is 14.6. The van der Waals surface area contributed by atoms with Gasteiger partial charge in [-0.1, -0.05) is 17.7 Å². The van der Waals surface area contributed by atoms with Crippen LogP contribution in [0.15, 0.2) is 18.2 Å². The molecule has 1 aromatic carbocycles. The molecule has 0 spiro atoms. The molecule has 0 aliphatic rings. The van der Waals surface area contributed by atoms with E-state index in [1.54, 1.807) is 0 Å². The van der Waals surface area contributed by atoms with E-state index in [-0.39, 0.29) is 18.5 Å². The van der Waals surface area contributed by atoms with E-state index in [2.05, 4.69) is 0 Å². The second kappa shape index (κ2) is 6.13. The lowest BCUT2D eigenvalue weighted by atomic mass is 9.99. The number of benzene rings is 1. The van der Waals surface area contributed by atoms with Gasteiger partial charge in [0.2, 0.25) is 0 Å². The lowest BCUT2D eigenvalue weighted by Crippen LogP contribution is -2.45. The first-order valence-electron chi connectivity index (χ1n) is 4.85. The minimum atomic E-state index is -5.98. The Morgan fingerprint density at radius 3 is 1.81 bits per heavy atom. The summed E-state index contributed by atoms with van der Waals surface area (Å²) in [6.45, 7) is 0. The fraction of sp³-hybridized carbons (Fsp3) is 0.400. The fourth-order valence-electron chi connectivity index (χ4n) is 1.34. The van der Waals surface area contributed by atoms with Gasteiger partial charge in [-0.3, -0.25) is 0 Å². The molecule has 1 aromatic rings. The molecule has 0 saturated carbocycles. The van der Waals surface area contributed by atoms with Gasteiger partial charge in [0.15, 0.2) is 0 Å². The van der Waals surface area contributed by atoms with Crippen molar-refractivity contribution in [2.24, 2.45) is 5.73 Å². The smallest absolute Gasteiger partial charge is 0.319 e. The second-order valence-electron chi connectivity index (χ2n) is 3.84. The average Bonchev–Trinajstić information content (AvgIpc) is 2.25. The molecule has 0 amide bonds. The quantitative estimate of drug-likeness (QED) is 0.737. The molecule has 0 fully saturated rings. The van der Waals surface area contributed by atoms with Crippen LogP contribution in [0.25, 0.3) is 0 Å². The number of alkyl halides is 8. The van der Waals surface area contributed by atoms with Gasteiger partial charge in [0.25, 0.3) is 0 Å². The zero-order valence-corrected chi connectivity index (χ0v) is 11.3. The predicted octanol–water partition coefficient (Wildman–Crippen LogP) is 4.98. The van der Waals surface area contributed by atoms with Gasteiger partial charge in [0.05, 0.1) is 10.6 Å². The van der Waals surface area contributed by atoms with Crippen LogP contribution in [0.5, 0.6) is 0 Å². The van der Waals surface area contributed by atoms with Crippen molar-refractivity contribution in [3.05, 3.63) is 34.3 Å². The Morgan fingerprint density at radius 1 is 0.952 bits per heavy atom. The van der Waals surface area contributed by atoms with Crippen molar-refractivity contribution >= 4 is 24.0 Å². The van der Waals surface area contributed by atoms with E-state index in [1.165, 1.54) is 0 Å². The molecule has 0 saturated heterocycles. The van der Waals surface area contributed by atoms with Gasteiger partial charge in [-0.25, -0.2) is 0 Å². The van der Waals surface area contributed by atoms with Crippen molar-refractivity contribution in [1.29, 1.82) is 0 Å². The van der Waals surface area contributed by atoms with E-state index < -0.39 is 40.5 Å². The Balaban J connectivity index is 0.00000400. The van der Waals surface area contributed by atoms with Crippen molar-refractivity contribution in [3.8, 4) is 0 Å². The van der Waals surface area contributed by atoms with E-state index in [9.17, 15) is 35.1 Å². The van der Waals surface area contributed by atoms with E-state index in [1.807, 2.05) is 0 Å². The van der Waals surface area contributed by atoms with Crippen LogP contribution in [-0.2, 0) is 6.18 Å². The van der Waals surface area contributed by atoms with Crippen LogP contribution >= 0.6 is 24.0 Å². The highest BCUT2D eigenvalue weighted by Gasteiger charge is 2.61. The Labute approximate surface area is 124 Å². The van der Waals surface area contributed by atoms with Crippen molar-refractivity contribution in [2.45, 2.75) is 24.3 Å². The molecule has 0 bridgehead atoms. The zero-order valence-electron chi connectivity index (χ0n) is 9.70. The van der Waals surface area contributed by atoms with Crippen molar-refractivity contribution < 1.29 is 35.1 Å². The van der Waals surface area contributed by atoms with E-state index in [0.717, 1.165) is 0 Å². The van der Waals surface area contributed by atoms with Crippen molar-refractivity contribution in [3.63, 3.8) is 0 Å². The molecule has 21 heavy (non-hydrogen) atoms. The number of nitrogens with two attached hydrogens (primary N) is 1. The molecule has 0 unspecified atom stereocenters. The van der Waals surface area contributed by atoms with E-state index >= 15 is 0 Å². The molecule has 0 heterocycles. The fourth-order valence-corrected chi connectivity index (χ4v) is 1.56. The number of halogens is 10. The van der Waals surface area contributed by atoms with Gasteiger partial charge in [-0.15, -0.1) is 12.4 Å². The molecule has 122 valence electrons. The summed E-state index contributed by atoms with van der Waals surface area (Å²) in [5.41, 5.74) is 2.18. The summed E-state index contributed by atoms with van der Waals surface area (Å²) in [5.74, 6) is -5.37. The Bertz CT molecular complexity index is 497. The first-order valence-corrected chi connectivity index (χ1v) is 5.23. The average molecular weight is 364 g/mol. The summed E-state index contributed by atoms with van der Waals surface area (Å²) in [6, 6.07) is -1.75. The highest BCUT2D eigenvalue weighted by atomic mass is 35.5. The van der Waals surface area contributed by atoms with E-state index in [4.69, 9.17) is 17.3 Å². The summed E-state index contributed by atoms with van der Waals surface area (Å²) in [7, 11) is 0. The standard InChI is InChI=1S/C10H6ClF8N.ClH/c11-6-2-1-4(3-5(6)9(14,15)16)7(20)8(12,13)10(17,18)19;/h1-3,7H,20H2;1H/t7-;/m0./s1. The Hall–Kier alpha value is -0.800. The highest BCUT2D eigenvalue weighted by Crippen LogP contribution is 2.44. The summed E-state index contributed by atoms with van der Waals surface area (Å²) < 4.78 is 99.7. The van der Waals surface area contributed by atoms with Crippen LogP contribution in [0.4, 0.5) is 35.1 Å². The molecular formula is C10H7Cl2F8N. The monoisotopic (exact) mass is 363 g/mol. The van der Waals surface area contributed by atoms with Crippen LogP contribution in [-0.4, -0.2) is 12.1 Å². The molecule has 1 atom stereocenters. The summed E-state index contributed by atoms with van der Waals surface area (Å²) in [6.07, 6.45) is -11.0. The van der Waals surface area contributed by atoms with Crippen molar-refractivity contribution in [1.82, 2.24) is 0 Å². The lowest BCUT2D eigenvalue weighted by Gasteiger charge is -2.26. The summed E-state index contributed by atoms with van der Waals surface area (Å²) in [4.78, 5) is 0. The predicted molar refractivity (Wildman–Crippen MR) is 61.6 cm³/mol. The zero-order chi connectivity index (χ0) is 15.9. The third kappa shape index (κ3) is 4.10. The van der Waals surface area contributed by atoms with Crippen molar-refractivity contribution in [2.75, 3.05) is 0 Å². The third-order valence-corrected chi connectivity index (χ3v) is 2.75. The summed E-state index contributed by atoms with van der Waals surface area (Å²) in [5, 5.41) is -0.830. The summed E-state index contributed by atoms with van der Waals surface area (Å²) >= 11 is 5.22. The molecule has 0 radical (unpaired) electrons. The molecule has 1 nitrogen and oxygen atoms in total. The Kier molecular flexibility index (Phi) is 5.90. The maximum absolute atomic E-state index is 13.0. The van der Waals surface area contributed by atoms with Crippen LogP contribution in [0.2, 0.25) is 5.02 Å². The first-order chi connectivity index (χ1) is 8.78. The highest BCUT2D eigenvalue weighted by molar-refractivity contribution is 6.31. The molecule has 1 rings (SSSR count). The molecule has 0 aromatic heterocycles. The minimum absolute atomic E-state index is 0. The molecule has 0 aliphatic heterocycles. The maximum atomic E-state index is 13.0. The van der Waals surface area contributed by atoms with Gasteiger partial charge in [0, 0.05) is 0 Å². The molecule has 0 aliphatic carbocycles. The van der Waals surface area contributed by atoms with Gasteiger partial charge in [0.1, 0.15) is 6.04 Å². The molecule has 2 N–H and O–H groups in total. The van der Waals surface area contributed by atoms with Crippen LogP contribution < -0.4 is 5.73 Å². The van der Waals surface area contributed by atoms with Gasteiger partial charge < -0.3 is 5.73 Å². The number of hydrogen-bond acceptors (Lipinski definition) is 1. The van der Waals surface area contributed by atoms with Crippen LogP contribution in [0.3, 0.4) is 0 Å². The third-order valence-electron chi connectivity index (χ3n) is 2.42. The minimum Gasteiger partial charge on any atom is -0.319 e. The number of rotatable bonds is 2. The maximum Gasteiger partial charge on any atom is 0.455 e. The molecular weight excluding hydrogens is 357 g/mol. The topological polar surface area (TPSA) is 26.0 Å². The number of hydrogen-bond donors (Lipinski definition) is 1. The van der Waals surface area contributed by atoms with E-state index in [0.29, 0.717) is 12.1 Å².